The van der Waals surface area contributed by atoms with E-state index in [2.05, 4.69) is 42.2 Å². The van der Waals surface area contributed by atoms with Crippen molar-refractivity contribution in [3.8, 4) is 0 Å². The predicted molar refractivity (Wildman–Crippen MR) is 82.7 cm³/mol. The second-order valence-electron chi connectivity index (χ2n) is 4.11. The molecule has 5 heteroatoms. The lowest BCUT2D eigenvalue weighted by atomic mass is 10.1. The van der Waals surface area contributed by atoms with Crippen molar-refractivity contribution in [2.45, 2.75) is 12.6 Å². The third-order valence-electron chi connectivity index (χ3n) is 2.78. The Balaban J connectivity index is 2.04. The van der Waals surface area contributed by atoms with Crippen molar-refractivity contribution in [1.82, 2.24) is 10.3 Å². The van der Waals surface area contributed by atoms with Crippen molar-refractivity contribution in [1.29, 1.82) is 0 Å². The first-order valence-electron chi connectivity index (χ1n) is 5.90. The lowest BCUT2D eigenvalue weighted by molar-refractivity contribution is 0.243. The number of aliphatic hydroxyl groups excluding tert-OH is 1. The molecule has 1 unspecified atom stereocenters. The molecular weight excluding hydrogens is 372 g/mol. The molecule has 1 aromatic heterocycles. The molecule has 3 nitrogen and oxygen atoms in total. The Labute approximate surface area is 129 Å². The lowest BCUT2D eigenvalue weighted by Gasteiger charge is -2.16. The molecule has 1 heterocycles. The van der Waals surface area contributed by atoms with Crippen LogP contribution in [0.4, 0.5) is 0 Å². The van der Waals surface area contributed by atoms with Crippen molar-refractivity contribution in [3.05, 3.63) is 62.8 Å². The van der Waals surface area contributed by atoms with Gasteiger partial charge in [0.05, 0.1) is 18.3 Å². The second kappa shape index (κ2) is 7.14. The van der Waals surface area contributed by atoms with Gasteiger partial charge in [-0.1, -0.05) is 30.3 Å². The highest BCUT2D eigenvalue weighted by Gasteiger charge is 2.10. The van der Waals surface area contributed by atoms with Crippen molar-refractivity contribution in [2.24, 2.45) is 0 Å². The number of rotatable bonds is 5. The molecule has 0 aliphatic carbocycles. The molecule has 0 fully saturated rings. The van der Waals surface area contributed by atoms with Crippen LogP contribution in [0.5, 0.6) is 0 Å². The highest BCUT2D eigenvalue weighted by molar-refractivity contribution is 9.11. The van der Waals surface area contributed by atoms with Crippen LogP contribution in [-0.4, -0.2) is 16.7 Å². The summed E-state index contributed by atoms with van der Waals surface area (Å²) in [5.74, 6) is 0. The van der Waals surface area contributed by atoms with Crippen LogP contribution < -0.4 is 5.32 Å². The number of nitrogens with one attached hydrogen (secondary N) is 1. The fourth-order valence-corrected chi connectivity index (χ4v) is 2.89. The Bertz CT molecular complexity index is 534. The number of benzene rings is 1. The lowest BCUT2D eigenvalue weighted by Crippen LogP contribution is -2.24. The van der Waals surface area contributed by atoms with E-state index in [0.29, 0.717) is 6.54 Å². The van der Waals surface area contributed by atoms with Crippen molar-refractivity contribution in [2.75, 3.05) is 6.61 Å². The standard InChI is InChI=1S/C14H14Br2N2O/c15-11-6-12(16)13(17-7-11)8-18-14(9-19)10-4-2-1-3-5-10/h1-7,14,18-19H,8-9H2. The number of nitrogens with zero attached hydrogens (tertiary/aromatic N) is 1. The van der Waals surface area contributed by atoms with Crippen LogP contribution in [0.3, 0.4) is 0 Å². The van der Waals surface area contributed by atoms with E-state index in [1.54, 1.807) is 6.20 Å². The van der Waals surface area contributed by atoms with Crippen LogP contribution in [0.25, 0.3) is 0 Å². The molecule has 0 aliphatic rings. The zero-order valence-electron chi connectivity index (χ0n) is 10.2. The van der Waals surface area contributed by atoms with E-state index in [4.69, 9.17) is 0 Å². The summed E-state index contributed by atoms with van der Waals surface area (Å²) in [6.45, 7) is 0.645. The number of halogens is 2. The van der Waals surface area contributed by atoms with Crippen molar-refractivity contribution < 1.29 is 5.11 Å². The summed E-state index contributed by atoms with van der Waals surface area (Å²) in [6, 6.07) is 11.8. The zero-order chi connectivity index (χ0) is 13.7. The Kier molecular flexibility index (Phi) is 5.51. The topological polar surface area (TPSA) is 45.1 Å². The number of pyridine rings is 1. The molecule has 0 spiro atoms. The minimum atomic E-state index is -0.0847. The zero-order valence-corrected chi connectivity index (χ0v) is 13.4. The number of hydrogen-bond donors (Lipinski definition) is 2. The van der Waals surface area contributed by atoms with Gasteiger partial charge in [0.15, 0.2) is 0 Å². The minimum absolute atomic E-state index is 0.0537. The SMILES string of the molecule is OCC(NCc1ncc(Br)cc1Br)c1ccccc1. The molecule has 2 rings (SSSR count). The van der Waals surface area contributed by atoms with Crippen molar-refractivity contribution >= 4 is 31.9 Å². The summed E-state index contributed by atoms with van der Waals surface area (Å²) in [4.78, 5) is 4.34. The maximum absolute atomic E-state index is 9.47. The van der Waals surface area contributed by atoms with E-state index < -0.39 is 0 Å². The van der Waals surface area contributed by atoms with Crippen LogP contribution in [-0.2, 0) is 6.54 Å². The highest BCUT2D eigenvalue weighted by Crippen LogP contribution is 2.20. The highest BCUT2D eigenvalue weighted by atomic mass is 79.9. The Morgan fingerprint density at radius 2 is 1.95 bits per heavy atom. The molecule has 0 radical (unpaired) electrons. The van der Waals surface area contributed by atoms with Gasteiger partial charge in [0.1, 0.15) is 0 Å². The van der Waals surface area contributed by atoms with Crippen LogP contribution in [0.15, 0.2) is 51.5 Å². The smallest absolute Gasteiger partial charge is 0.0684 e. The van der Waals surface area contributed by atoms with Crippen LogP contribution in [0.2, 0.25) is 0 Å². The monoisotopic (exact) mass is 384 g/mol. The molecule has 1 aromatic carbocycles. The van der Waals surface area contributed by atoms with Gasteiger partial charge >= 0.3 is 0 Å². The molecule has 0 aliphatic heterocycles. The van der Waals surface area contributed by atoms with E-state index in [-0.39, 0.29) is 12.6 Å². The van der Waals surface area contributed by atoms with E-state index in [9.17, 15) is 5.11 Å². The average Bonchev–Trinajstić information content (AvgIpc) is 2.43. The average molecular weight is 386 g/mol. The van der Waals surface area contributed by atoms with Gasteiger partial charge in [-0.25, -0.2) is 0 Å². The molecule has 0 saturated carbocycles. The van der Waals surface area contributed by atoms with Crippen LogP contribution >= 0.6 is 31.9 Å². The normalized spacial score (nSPS) is 12.4. The molecular formula is C14H14Br2N2O. The third-order valence-corrected chi connectivity index (χ3v) is 3.90. The summed E-state index contributed by atoms with van der Waals surface area (Å²) >= 11 is 6.85. The fraction of sp³-hybridized carbons (Fsp3) is 0.214. The molecule has 0 amide bonds. The Hall–Kier alpha value is -0.750. The quantitative estimate of drug-likeness (QED) is 0.828. The summed E-state index contributed by atoms with van der Waals surface area (Å²) in [7, 11) is 0. The van der Waals surface area contributed by atoms with E-state index in [1.165, 1.54) is 0 Å². The molecule has 100 valence electrons. The first-order chi connectivity index (χ1) is 9.20. The van der Waals surface area contributed by atoms with E-state index in [0.717, 1.165) is 20.2 Å². The first kappa shape index (κ1) is 14.7. The van der Waals surface area contributed by atoms with Gasteiger partial charge in [-0.2, -0.15) is 0 Å². The van der Waals surface area contributed by atoms with Crippen LogP contribution in [0.1, 0.15) is 17.3 Å². The Morgan fingerprint density at radius 3 is 2.58 bits per heavy atom. The maximum atomic E-state index is 9.47. The summed E-state index contributed by atoms with van der Waals surface area (Å²) in [6.07, 6.45) is 1.76. The predicted octanol–water partition coefficient (Wildman–Crippen LogP) is 3.43. The third kappa shape index (κ3) is 4.11. The van der Waals surface area contributed by atoms with Gasteiger partial charge in [-0.15, -0.1) is 0 Å². The molecule has 0 bridgehead atoms. The number of aromatic nitrogens is 1. The van der Waals surface area contributed by atoms with Gasteiger partial charge in [-0.3, -0.25) is 4.98 Å². The van der Waals surface area contributed by atoms with E-state index in [1.807, 2.05) is 36.4 Å². The largest absolute Gasteiger partial charge is 0.394 e. The molecule has 1 atom stereocenters. The van der Waals surface area contributed by atoms with Gasteiger partial charge in [0.2, 0.25) is 0 Å². The fourth-order valence-electron chi connectivity index (χ4n) is 1.77. The summed E-state index contributed by atoms with van der Waals surface area (Å²) < 4.78 is 1.88. The number of hydrogen-bond acceptors (Lipinski definition) is 3. The summed E-state index contributed by atoms with van der Waals surface area (Å²) in [5, 5.41) is 12.8. The molecule has 2 aromatic rings. The minimum Gasteiger partial charge on any atom is -0.394 e. The van der Waals surface area contributed by atoms with E-state index >= 15 is 0 Å². The molecule has 2 N–H and O–H groups in total. The number of aliphatic hydroxyl groups is 1. The van der Waals surface area contributed by atoms with Gasteiger partial charge < -0.3 is 10.4 Å². The van der Waals surface area contributed by atoms with Gasteiger partial charge in [-0.05, 0) is 43.5 Å². The van der Waals surface area contributed by atoms with Crippen molar-refractivity contribution in [3.63, 3.8) is 0 Å². The second-order valence-corrected chi connectivity index (χ2v) is 5.88. The maximum Gasteiger partial charge on any atom is 0.0684 e. The molecule has 0 saturated heterocycles. The first-order valence-corrected chi connectivity index (χ1v) is 7.48. The Morgan fingerprint density at radius 1 is 1.21 bits per heavy atom. The van der Waals surface area contributed by atoms with Gasteiger partial charge in [0, 0.05) is 21.7 Å². The summed E-state index contributed by atoms with van der Waals surface area (Å²) in [5.41, 5.74) is 1.98. The van der Waals surface area contributed by atoms with Gasteiger partial charge in [0.25, 0.3) is 0 Å². The van der Waals surface area contributed by atoms with Crippen LogP contribution in [0, 0.1) is 0 Å². The molecule has 19 heavy (non-hydrogen) atoms.